The van der Waals surface area contributed by atoms with E-state index in [1.165, 1.54) is 18.2 Å². The van der Waals surface area contributed by atoms with Gasteiger partial charge < -0.3 is 4.74 Å². The van der Waals surface area contributed by atoms with Crippen molar-refractivity contribution in [1.82, 2.24) is 9.62 Å². The minimum atomic E-state index is -4.62. The first-order chi connectivity index (χ1) is 20.0. The first-order valence-corrected chi connectivity index (χ1v) is 14.3. The van der Waals surface area contributed by atoms with Crippen LogP contribution in [-0.4, -0.2) is 25.2 Å². The van der Waals surface area contributed by atoms with Crippen molar-refractivity contribution < 1.29 is 26.3 Å². The molecule has 42 heavy (non-hydrogen) atoms. The van der Waals surface area contributed by atoms with Crippen LogP contribution in [0.5, 0.6) is 11.5 Å². The molecule has 4 aromatic rings. The maximum absolute atomic E-state index is 14.3. The van der Waals surface area contributed by atoms with Gasteiger partial charge in [0.1, 0.15) is 11.5 Å². The molecular formula is C30H22ClF3N4O3S. The minimum absolute atomic E-state index is 0.0873. The molecule has 0 aliphatic carbocycles. The summed E-state index contributed by atoms with van der Waals surface area (Å²) in [5.41, 5.74) is 0.867. The molecule has 12 heteroatoms. The Labute approximate surface area is 245 Å². The summed E-state index contributed by atoms with van der Waals surface area (Å²) in [6, 6.07) is 21.7. The molecule has 1 aliphatic heterocycles. The lowest BCUT2D eigenvalue weighted by molar-refractivity contribution is -0.137. The van der Waals surface area contributed by atoms with E-state index in [1.807, 2.05) is 6.92 Å². The number of guanidine groups is 1. The van der Waals surface area contributed by atoms with Crippen LogP contribution in [0.25, 0.3) is 11.1 Å². The second-order valence-corrected chi connectivity index (χ2v) is 11.6. The van der Waals surface area contributed by atoms with Gasteiger partial charge in [0.05, 0.1) is 23.0 Å². The Bertz CT molecular complexity index is 1800. The van der Waals surface area contributed by atoms with Gasteiger partial charge in [-0.3, -0.25) is 5.32 Å². The number of nitrogens with one attached hydrogen (secondary N) is 1. The Kier molecular flexibility index (Phi) is 7.86. The first kappa shape index (κ1) is 29.0. The zero-order valence-electron chi connectivity index (χ0n) is 21.9. The van der Waals surface area contributed by atoms with Gasteiger partial charge in [-0.05, 0) is 72.6 Å². The van der Waals surface area contributed by atoms with Crippen LogP contribution in [-0.2, 0) is 16.2 Å². The van der Waals surface area contributed by atoms with Gasteiger partial charge in [-0.2, -0.15) is 18.4 Å². The Morgan fingerprint density at radius 2 is 1.67 bits per heavy atom. The van der Waals surface area contributed by atoms with Gasteiger partial charge in [0.25, 0.3) is 10.0 Å². The zero-order valence-corrected chi connectivity index (χ0v) is 23.5. The second kappa shape index (κ2) is 11.4. The molecule has 7 nitrogen and oxygen atoms in total. The summed E-state index contributed by atoms with van der Waals surface area (Å²) in [5.74, 6) is 0.797. The number of halogens is 4. The van der Waals surface area contributed by atoms with Crippen LogP contribution in [0.2, 0.25) is 5.02 Å². The van der Waals surface area contributed by atoms with E-state index in [9.17, 15) is 26.9 Å². The number of aliphatic imine (C=N–C) groups is 1. The van der Waals surface area contributed by atoms with Crippen molar-refractivity contribution in [2.24, 2.45) is 4.99 Å². The lowest BCUT2D eigenvalue weighted by Gasteiger charge is -2.28. The number of hydrogen-bond donors (Lipinski definition) is 1. The summed E-state index contributed by atoms with van der Waals surface area (Å²) in [6.07, 6.45) is -2.96. The van der Waals surface area contributed by atoms with E-state index in [4.69, 9.17) is 16.3 Å². The minimum Gasteiger partial charge on any atom is -0.457 e. The summed E-state index contributed by atoms with van der Waals surface area (Å²) < 4.78 is 75.6. The van der Waals surface area contributed by atoms with Crippen LogP contribution in [0.4, 0.5) is 13.2 Å². The van der Waals surface area contributed by atoms with Crippen molar-refractivity contribution in [1.29, 1.82) is 5.26 Å². The summed E-state index contributed by atoms with van der Waals surface area (Å²) in [4.78, 5) is 4.04. The molecule has 5 rings (SSSR count). The standard InChI is InChI=1S/C30H22ClF3N4O3S/c1-19-5-14-28(26(15-19)20-6-10-24(11-7-20)41-25-12-8-23(31)9-13-25)42(39,40)38-27(17-36-29(38)37-18-35)21-3-2-4-22(16-21)30(32,33)34/h2-16,27H,17H2,1H3,(H,36,37)/t27-/m1/s1. The molecule has 0 saturated heterocycles. The molecule has 0 amide bonds. The number of hydrogen-bond acceptors (Lipinski definition) is 6. The SMILES string of the molecule is Cc1ccc(S(=O)(=O)N2C(NC#N)=NC[C@@H]2c2cccc(C(F)(F)F)c2)c(-c2ccc(Oc3ccc(Cl)cc3)cc2)c1. The summed E-state index contributed by atoms with van der Waals surface area (Å²) in [5, 5.41) is 12.1. The fourth-order valence-corrected chi connectivity index (χ4v) is 6.48. The molecule has 1 aliphatic rings. The third-order valence-electron chi connectivity index (χ3n) is 6.56. The number of ether oxygens (including phenoxy) is 1. The molecule has 4 aromatic carbocycles. The quantitative estimate of drug-likeness (QED) is 0.183. The average molecular weight is 611 g/mol. The van der Waals surface area contributed by atoms with E-state index < -0.39 is 27.8 Å². The molecule has 1 N–H and O–H groups in total. The van der Waals surface area contributed by atoms with Crippen molar-refractivity contribution in [2.75, 3.05) is 6.54 Å². The van der Waals surface area contributed by atoms with Gasteiger partial charge in [0.2, 0.25) is 5.96 Å². The van der Waals surface area contributed by atoms with Crippen LogP contribution < -0.4 is 10.1 Å². The number of aryl methyl sites for hydroxylation is 1. The topological polar surface area (TPSA) is 94.8 Å². The molecule has 0 bridgehead atoms. The van der Waals surface area contributed by atoms with E-state index in [0.717, 1.165) is 22.0 Å². The van der Waals surface area contributed by atoms with E-state index in [0.29, 0.717) is 27.6 Å². The highest BCUT2D eigenvalue weighted by Gasteiger charge is 2.41. The van der Waals surface area contributed by atoms with E-state index in [2.05, 4.69) is 10.3 Å². The Balaban J connectivity index is 1.54. The lowest BCUT2D eigenvalue weighted by Crippen LogP contribution is -2.42. The Hall–Kier alpha value is -4.53. The van der Waals surface area contributed by atoms with Crippen molar-refractivity contribution in [2.45, 2.75) is 24.0 Å². The summed E-state index contributed by atoms with van der Waals surface area (Å²) in [6.45, 7) is 1.63. The molecule has 1 atom stereocenters. The average Bonchev–Trinajstić information content (AvgIpc) is 3.39. The molecular weight excluding hydrogens is 589 g/mol. The van der Waals surface area contributed by atoms with Crippen molar-refractivity contribution >= 4 is 27.6 Å². The molecule has 0 fully saturated rings. The van der Waals surface area contributed by atoms with E-state index >= 15 is 0 Å². The predicted octanol–water partition coefficient (Wildman–Crippen LogP) is 7.30. The van der Waals surface area contributed by atoms with E-state index in [1.54, 1.807) is 66.9 Å². The fraction of sp³-hybridized carbons (Fsp3) is 0.133. The molecule has 0 saturated carbocycles. The maximum atomic E-state index is 14.3. The molecule has 0 aromatic heterocycles. The number of alkyl halides is 3. The highest BCUT2D eigenvalue weighted by molar-refractivity contribution is 7.89. The third-order valence-corrected chi connectivity index (χ3v) is 8.67. The summed E-state index contributed by atoms with van der Waals surface area (Å²) in [7, 11) is -4.45. The number of rotatable bonds is 6. The van der Waals surface area contributed by atoms with Crippen molar-refractivity contribution in [3.8, 4) is 28.8 Å². The highest BCUT2D eigenvalue weighted by atomic mass is 35.5. The van der Waals surface area contributed by atoms with Gasteiger partial charge in [-0.1, -0.05) is 53.6 Å². The molecule has 214 valence electrons. The van der Waals surface area contributed by atoms with Crippen LogP contribution in [0.1, 0.15) is 22.7 Å². The van der Waals surface area contributed by atoms with Gasteiger partial charge in [-0.25, -0.2) is 17.7 Å². The highest BCUT2D eigenvalue weighted by Crippen LogP contribution is 2.39. The normalized spacial score (nSPS) is 15.2. The number of sulfonamides is 1. The van der Waals surface area contributed by atoms with E-state index in [-0.39, 0.29) is 23.0 Å². The van der Waals surface area contributed by atoms with Gasteiger partial charge in [0.15, 0.2) is 6.19 Å². The predicted molar refractivity (Wildman–Crippen MR) is 152 cm³/mol. The van der Waals surface area contributed by atoms with Crippen molar-refractivity contribution in [3.63, 3.8) is 0 Å². The fourth-order valence-electron chi connectivity index (χ4n) is 4.60. The largest absolute Gasteiger partial charge is 0.457 e. The van der Waals surface area contributed by atoms with Crippen LogP contribution >= 0.6 is 11.6 Å². The molecule has 0 spiro atoms. The number of benzene rings is 4. The molecule has 0 unspecified atom stereocenters. The maximum Gasteiger partial charge on any atom is 0.416 e. The lowest BCUT2D eigenvalue weighted by atomic mass is 10.0. The number of nitriles is 1. The van der Waals surface area contributed by atoms with Crippen LogP contribution in [0, 0.1) is 18.4 Å². The third kappa shape index (κ3) is 5.91. The summed E-state index contributed by atoms with van der Waals surface area (Å²) >= 11 is 5.93. The second-order valence-electron chi connectivity index (χ2n) is 9.42. The smallest absolute Gasteiger partial charge is 0.416 e. The molecule has 1 heterocycles. The van der Waals surface area contributed by atoms with Gasteiger partial charge in [0, 0.05) is 10.6 Å². The van der Waals surface area contributed by atoms with Crippen molar-refractivity contribution in [3.05, 3.63) is 113 Å². The van der Waals surface area contributed by atoms with Gasteiger partial charge in [-0.15, -0.1) is 0 Å². The Morgan fingerprint density at radius 3 is 2.31 bits per heavy atom. The monoisotopic (exact) mass is 610 g/mol. The zero-order chi connectivity index (χ0) is 30.1. The van der Waals surface area contributed by atoms with Crippen LogP contribution in [0.15, 0.2) is 101 Å². The molecule has 0 radical (unpaired) electrons. The van der Waals surface area contributed by atoms with Crippen LogP contribution in [0.3, 0.4) is 0 Å². The van der Waals surface area contributed by atoms with Gasteiger partial charge >= 0.3 is 6.18 Å². The Morgan fingerprint density at radius 1 is 1.00 bits per heavy atom. The first-order valence-electron chi connectivity index (χ1n) is 12.5. The number of nitrogens with zero attached hydrogens (tertiary/aromatic N) is 3.